The van der Waals surface area contributed by atoms with Gasteiger partial charge in [-0.2, -0.15) is 8.78 Å². The zero-order valence-corrected chi connectivity index (χ0v) is 26.3. The lowest BCUT2D eigenvalue weighted by molar-refractivity contribution is -0.128. The van der Waals surface area contributed by atoms with E-state index < -0.39 is 59.5 Å². The van der Waals surface area contributed by atoms with Crippen molar-refractivity contribution >= 4 is 35.6 Å². The summed E-state index contributed by atoms with van der Waals surface area (Å²) >= 11 is 1.01. The molecule has 0 spiro atoms. The number of esters is 1. The molecule has 1 heterocycles. The molecule has 1 N–H and O–H groups in total. The summed E-state index contributed by atoms with van der Waals surface area (Å²) in [5.41, 5.74) is 0.475. The van der Waals surface area contributed by atoms with Gasteiger partial charge in [0.05, 0.1) is 11.3 Å². The fourth-order valence-corrected chi connectivity index (χ4v) is 6.46. The quantitative estimate of drug-likeness (QED) is 0.0218. The maximum atomic E-state index is 14.4. The number of hydrogen-bond donors (Lipinski definition) is 1. The second kappa shape index (κ2) is 14.0. The van der Waals surface area contributed by atoms with Crippen LogP contribution in [0, 0.1) is 29.1 Å². The number of nitrogens with one attached hydrogen (secondary N) is 1. The molecule has 14 heteroatoms. The topological polar surface area (TPSA) is 86.8 Å². The van der Waals surface area contributed by atoms with E-state index in [0.29, 0.717) is 5.82 Å². The highest BCUT2D eigenvalue weighted by Crippen LogP contribution is 2.50. The minimum absolute atomic E-state index is 0.219. The molecule has 0 saturated heterocycles. The van der Waals surface area contributed by atoms with Crippen LogP contribution in [0.1, 0.15) is 22.4 Å². The van der Waals surface area contributed by atoms with Crippen LogP contribution in [0.25, 0.3) is 5.57 Å². The molecule has 0 bridgehead atoms. The Balaban J connectivity index is 1.64. The summed E-state index contributed by atoms with van der Waals surface area (Å²) in [6.07, 6.45) is 0. The van der Waals surface area contributed by atoms with Crippen molar-refractivity contribution in [1.82, 2.24) is 4.98 Å². The summed E-state index contributed by atoms with van der Waals surface area (Å²) in [5.74, 6) is -14.7. The van der Waals surface area contributed by atoms with Crippen LogP contribution in [0.3, 0.4) is 0 Å². The largest absolute Gasteiger partial charge is 0.416 e. The SMILES string of the molecule is COP(=O)(/C=C(\C(=O)Oc1c(F)c(F)c(F)c(F)c1F)c1csc(NC(c2ccccc2)(c2ccccc2)c2ccccc2)n1)OC. The summed E-state index contributed by atoms with van der Waals surface area (Å²) in [4.78, 5) is 17.8. The molecule has 5 aromatic rings. The van der Waals surface area contributed by atoms with E-state index in [1.54, 1.807) is 0 Å². The van der Waals surface area contributed by atoms with E-state index in [0.717, 1.165) is 42.2 Å². The van der Waals surface area contributed by atoms with E-state index >= 15 is 0 Å². The van der Waals surface area contributed by atoms with E-state index in [2.05, 4.69) is 15.0 Å². The number of halogens is 5. The Morgan fingerprint density at radius 3 is 1.60 bits per heavy atom. The predicted molar refractivity (Wildman–Crippen MR) is 166 cm³/mol. The van der Waals surface area contributed by atoms with Crippen molar-refractivity contribution in [2.45, 2.75) is 5.54 Å². The van der Waals surface area contributed by atoms with Crippen molar-refractivity contribution in [1.29, 1.82) is 0 Å². The lowest BCUT2D eigenvalue weighted by Gasteiger charge is -2.36. The monoisotopic (exact) mass is 686 g/mol. The number of rotatable bonds is 11. The second-order valence-corrected chi connectivity index (χ2v) is 12.7. The summed E-state index contributed by atoms with van der Waals surface area (Å²) in [5, 5.41) is 5.03. The molecule has 0 unspecified atom stereocenters. The number of carbonyl (C=O) groups is 1. The van der Waals surface area contributed by atoms with Crippen molar-refractivity contribution < 1.29 is 45.1 Å². The first-order valence-corrected chi connectivity index (χ1v) is 16.1. The Kier molecular flexibility index (Phi) is 10.0. The van der Waals surface area contributed by atoms with Gasteiger partial charge in [-0.05, 0) is 16.7 Å². The van der Waals surface area contributed by atoms with E-state index in [-0.39, 0.29) is 10.8 Å². The lowest BCUT2D eigenvalue weighted by Crippen LogP contribution is -2.38. The van der Waals surface area contributed by atoms with Gasteiger partial charge in [0.2, 0.25) is 34.8 Å². The minimum atomic E-state index is -4.20. The highest BCUT2D eigenvalue weighted by atomic mass is 32.1. The molecule has 0 aliphatic rings. The smallest absolute Gasteiger partial charge is 0.354 e. The van der Waals surface area contributed by atoms with Gasteiger partial charge in [-0.1, -0.05) is 91.0 Å². The van der Waals surface area contributed by atoms with Gasteiger partial charge in [-0.3, -0.25) is 4.57 Å². The average Bonchev–Trinajstić information content (AvgIpc) is 3.58. The molecule has 1 aromatic heterocycles. The van der Waals surface area contributed by atoms with Gasteiger partial charge in [-0.15, -0.1) is 11.3 Å². The third-order valence-electron chi connectivity index (χ3n) is 7.08. The normalized spacial score (nSPS) is 12.2. The fourth-order valence-electron chi connectivity index (χ4n) is 4.78. The Labute approximate surface area is 269 Å². The number of nitrogens with zero attached hydrogens (tertiary/aromatic N) is 1. The first-order valence-electron chi connectivity index (χ1n) is 13.6. The van der Waals surface area contributed by atoms with Crippen LogP contribution < -0.4 is 10.1 Å². The summed E-state index contributed by atoms with van der Waals surface area (Å²) in [7, 11) is -2.18. The maximum Gasteiger partial charge on any atom is 0.354 e. The standard InChI is InChI=1S/C33H24F5N2O5PS/c1-43-46(42,44-2)18-23(31(41)45-30-28(37)26(35)25(34)27(36)29(30)38)24-19-47-32(39-24)40-33(20-12-6-3-7-13-20,21-14-8-4-9-15-21)22-16-10-5-11-17-22/h3-19H,1-2H3,(H,39,40)/b23-18-. The Morgan fingerprint density at radius 1 is 0.745 bits per heavy atom. The van der Waals surface area contributed by atoms with Gasteiger partial charge >= 0.3 is 13.6 Å². The number of benzene rings is 4. The molecule has 0 fully saturated rings. The molecular formula is C33H24F5N2O5PS. The van der Waals surface area contributed by atoms with Crippen LogP contribution in [0.2, 0.25) is 0 Å². The number of thiazole rings is 1. The molecule has 0 aliphatic heterocycles. The molecule has 7 nitrogen and oxygen atoms in total. The lowest BCUT2D eigenvalue weighted by atomic mass is 9.77. The number of aromatic nitrogens is 1. The molecule has 0 radical (unpaired) electrons. The van der Waals surface area contributed by atoms with Crippen molar-refractivity contribution in [2.24, 2.45) is 0 Å². The van der Waals surface area contributed by atoms with Crippen LogP contribution in [0.5, 0.6) is 5.75 Å². The van der Waals surface area contributed by atoms with E-state index in [1.165, 1.54) is 5.38 Å². The molecule has 0 saturated carbocycles. The highest BCUT2D eigenvalue weighted by molar-refractivity contribution is 7.57. The molecule has 5 rings (SSSR count). The summed E-state index contributed by atoms with van der Waals surface area (Å²) < 4.78 is 97.7. The maximum absolute atomic E-state index is 14.4. The second-order valence-electron chi connectivity index (χ2n) is 9.75. The van der Waals surface area contributed by atoms with E-state index in [4.69, 9.17) is 9.05 Å². The van der Waals surface area contributed by atoms with Crippen molar-refractivity contribution in [3.8, 4) is 5.75 Å². The molecule has 47 heavy (non-hydrogen) atoms. The van der Waals surface area contributed by atoms with Crippen LogP contribution in [-0.2, 0) is 23.9 Å². The average molecular weight is 687 g/mol. The number of anilines is 1. The van der Waals surface area contributed by atoms with Gasteiger partial charge < -0.3 is 19.1 Å². The fraction of sp³-hybridized carbons (Fsp3) is 0.0909. The van der Waals surface area contributed by atoms with Crippen molar-refractivity contribution in [3.63, 3.8) is 0 Å². The Morgan fingerprint density at radius 2 is 1.17 bits per heavy atom. The van der Waals surface area contributed by atoms with E-state index in [9.17, 15) is 31.3 Å². The Bertz CT molecular complexity index is 1840. The zero-order chi connectivity index (χ0) is 33.8. The zero-order valence-electron chi connectivity index (χ0n) is 24.5. The van der Waals surface area contributed by atoms with Crippen LogP contribution in [-0.4, -0.2) is 25.2 Å². The van der Waals surface area contributed by atoms with Crippen molar-refractivity contribution in [3.05, 3.63) is 154 Å². The van der Waals surface area contributed by atoms with Crippen LogP contribution >= 0.6 is 18.9 Å². The Hall–Kier alpha value is -4.68. The van der Waals surface area contributed by atoms with Crippen LogP contribution in [0.15, 0.2) is 102 Å². The van der Waals surface area contributed by atoms with Gasteiger partial charge in [0.1, 0.15) is 5.54 Å². The predicted octanol–water partition coefficient (Wildman–Crippen LogP) is 8.68. The third kappa shape index (κ3) is 6.61. The molecule has 0 atom stereocenters. The molecule has 0 amide bonds. The molecule has 4 aromatic carbocycles. The summed E-state index contributed by atoms with van der Waals surface area (Å²) in [6.45, 7) is 0. The minimum Gasteiger partial charge on any atom is -0.416 e. The number of carbonyl (C=O) groups excluding carboxylic acids is 1. The third-order valence-corrected chi connectivity index (χ3v) is 9.43. The first-order chi connectivity index (χ1) is 22.5. The highest BCUT2D eigenvalue weighted by Gasteiger charge is 2.38. The van der Waals surface area contributed by atoms with Gasteiger partial charge in [0.25, 0.3) is 0 Å². The first kappa shape index (κ1) is 33.7. The van der Waals surface area contributed by atoms with Gasteiger partial charge in [0.15, 0.2) is 5.13 Å². The van der Waals surface area contributed by atoms with E-state index in [1.807, 2.05) is 91.0 Å². The van der Waals surface area contributed by atoms with Crippen LogP contribution in [0.4, 0.5) is 27.1 Å². The molecule has 242 valence electrons. The number of hydrogen-bond acceptors (Lipinski definition) is 8. The molecular weight excluding hydrogens is 662 g/mol. The summed E-state index contributed by atoms with van der Waals surface area (Å²) in [6, 6.07) is 28.3. The molecule has 0 aliphatic carbocycles. The van der Waals surface area contributed by atoms with Gasteiger partial charge in [-0.25, -0.2) is 22.9 Å². The van der Waals surface area contributed by atoms with Crippen molar-refractivity contribution in [2.75, 3.05) is 19.5 Å². The van der Waals surface area contributed by atoms with Gasteiger partial charge in [0, 0.05) is 25.4 Å². The number of ether oxygens (including phenoxy) is 1.